The van der Waals surface area contributed by atoms with Gasteiger partial charge in [-0.1, -0.05) is 58.0 Å². The second-order valence-electron chi connectivity index (χ2n) is 8.23. The van der Waals surface area contributed by atoms with Crippen LogP contribution < -0.4 is 5.56 Å². The van der Waals surface area contributed by atoms with E-state index in [1.165, 1.54) is 5.56 Å². The molecule has 0 aliphatic carbocycles. The van der Waals surface area contributed by atoms with Crippen LogP contribution in [0.4, 0.5) is 0 Å². The molecule has 1 aromatic heterocycles. The second kappa shape index (κ2) is 7.14. The maximum atomic E-state index is 12.7. The zero-order valence-electron chi connectivity index (χ0n) is 16.2. The molecule has 1 fully saturated rings. The van der Waals surface area contributed by atoms with E-state index in [4.69, 9.17) is 0 Å². The van der Waals surface area contributed by atoms with Gasteiger partial charge in [-0.3, -0.25) is 19.4 Å². The van der Waals surface area contributed by atoms with Crippen LogP contribution in [-0.2, 0) is 23.2 Å². The van der Waals surface area contributed by atoms with Crippen molar-refractivity contribution < 1.29 is 4.79 Å². The van der Waals surface area contributed by atoms with Crippen LogP contribution in [0.15, 0.2) is 41.2 Å². The normalized spacial score (nSPS) is 16.2. The van der Waals surface area contributed by atoms with Gasteiger partial charge in [0.1, 0.15) is 0 Å². The van der Waals surface area contributed by atoms with E-state index in [2.05, 4.69) is 57.1 Å². The van der Waals surface area contributed by atoms with Gasteiger partial charge in [-0.25, -0.2) is 0 Å². The average Bonchev–Trinajstić information content (AvgIpc) is 2.85. The minimum atomic E-state index is -0.0640. The Balaban J connectivity index is 1.67. The smallest absolute Gasteiger partial charge is 0.266 e. The van der Waals surface area contributed by atoms with E-state index in [-0.39, 0.29) is 23.3 Å². The number of carbonyl (C=O) groups excluding carboxylic acids is 1. The molecule has 5 heteroatoms. The molecule has 140 valence electrons. The van der Waals surface area contributed by atoms with Crippen LogP contribution in [0.25, 0.3) is 0 Å². The number of amides is 1. The first-order valence-corrected chi connectivity index (χ1v) is 9.44. The van der Waals surface area contributed by atoms with E-state index in [1.807, 2.05) is 11.0 Å². The molecule has 1 aromatic carbocycles. The Labute approximate surface area is 155 Å². The predicted molar refractivity (Wildman–Crippen MR) is 103 cm³/mol. The lowest BCUT2D eigenvalue weighted by Crippen LogP contribution is -2.63. The third kappa shape index (κ3) is 3.48. The predicted octanol–water partition coefficient (Wildman–Crippen LogP) is 2.81. The van der Waals surface area contributed by atoms with Gasteiger partial charge in [0.15, 0.2) is 0 Å². The number of nitrogens with zero attached hydrogens (tertiary/aromatic N) is 2. The molecule has 0 spiro atoms. The largest absolute Gasteiger partial charge is 0.340 e. The van der Waals surface area contributed by atoms with E-state index in [1.54, 1.807) is 10.7 Å². The van der Waals surface area contributed by atoms with Gasteiger partial charge in [0, 0.05) is 36.8 Å². The van der Waals surface area contributed by atoms with Gasteiger partial charge in [0.2, 0.25) is 5.91 Å². The van der Waals surface area contributed by atoms with E-state index in [0.29, 0.717) is 24.1 Å². The number of hydrogen-bond donors (Lipinski definition) is 1. The summed E-state index contributed by atoms with van der Waals surface area (Å²) in [6.07, 6.45) is 0.253. The Bertz CT molecular complexity index is 811. The summed E-state index contributed by atoms with van der Waals surface area (Å²) in [6, 6.07) is 12.0. The highest BCUT2D eigenvalue weighted by Crippen LogP contribution is 2.41. The number of carbonyl (C=O) groups is 1. The van der Waals surface area contributed by atoms with Crippen LogP contribution in [0, 0.1) is 11.8 Å². The molecule has 1 saturated heterocycles. The fourth-order valence-electron chi connectivity index (χ4n) is 3.82. The Morgan fingerprint density at radius 1 is 1.15 bits per heavy atom. The van der Waals surface area contributed by atoms with E-state index in [0.717, 1.165) is 13.1 Å². The molecular weight excluding hydrogens is 326 g/mol. The SMILES string of the molecule is CC(C)Cn1[nH]c(CC(=O)N2CC(c3ccccc3)(C(C)C)C2)cc1=O. The minimum Gasteiger partial charge on any atom is -0.340 e. The number of likely N-dealkylation sites (tertiary alicyclic amines) is 1. The minimum absolute atomic E-state index is 0.0356. The molecule has 0 radical (unpaired) electrons. The summed E-state index contributed by atoms with van der Waals surface area (Å²) >= 11 is 0. The lowest BCUT2D eigenvalue weighted by atomic mass is 9.66. The van der Waals surface area contributed by atoms with E-state index >= 15 is 0 Å². The summed E-state index contributed by atoms with van der Waals surface area (Å²) in [7, 11) is 0. The van der Waals surface area contributed by atoms with Gasteiger partial charge >= 0.3 is 0 Å². The average molecular weight is 355 g/mol. The first kappa shape index (κ1) is 18.5. The standard InChI is InChI=1S/C21H29N3O2/c1-15(2)12-24-20(26)11-18(22-24)10-19(25)23-13-21(14-23,16(3)4)17-8-6-5-7-9-17/h5-9,11,15-16,22H,10,12-14H2,1-4H3. The first-order chi connectivity index (χ1) is 12.3. The van der Waals surface area contributed by atoms with Gasteiger partial charge in [-0.2, -0.15) is 0 Å². The quantitative estimate of drug-likeness (QED) is 0.866. The molecule has 3 rings (SSSR count). The Kier molecular flexibility index (Phi) is 5.08. The highest BCUT2D eigenvalue weighted by molar-refractivity contribution is 5.79. The number of H-pyrrole nitrogens is 1. The molecule has 1 N–H and O–H groups in total. The van der Waals surface area contributed by atoms with Crippen LogP contribution in [0.1, 0.15) is 39.0 Å². The van der Waals surface area contributed by atoms with Crippen molar-refractivity contribution >= 4 is 5.91 Å². The van der Waals surface area contributed by atoms with Gasteiger partial charge < -0.3 is 4.90 Å². The Morgan fingerprint density at radius 3 is 2.38 bits per heavy atom. The topological polar surface area (TPSA) is 58.1 Å². The molecule has 5 nitrogen and oxygen atoms in total. The third-order valence-corrected chi connectivity index (χ3v) is 5.48. The van der Waals surface area contributed by atoms with Gasteiger partial charge in [0.05, 0.1) is 6.42 Å². The highest BCUT2D eigenvalue weighted by Gasteiger charge is 2.48. The summed E-state index contributed by atoms with van der Waals surface area (Å²) in [5, 5.41) is 3.08. The van der Waals surface area contributed by atoms with Crippen molar-refractivity contribution in [3.05, 3.63) is 58.0 Å². The summed E-state index contributed by atoms with van der Waals surface area (Å²) in [5.41, 5.74) is 1.97. The summed E-state index contributed by atoms with van der Waals surface area (Å²) < 4.78 is 1.59. The fourth-order valence-corrected chi connectivity index (χ4v) is 3.82. The molecule has 0 saturated carbocycles. The molecule has 1 aliphatic heterocycles. The van der Waals surface area contributed by atoms with Crippen LogP contribution in [0.2, 0.25) is 0 Å². The molecule has 0 atom stereocenters. The maximum absolute atomic E-state index is 12.7. The van der Waals surface area contributed by atoms with Crippen molar-refractivity contribution in [2.24, 2.45) is 11.8 Å². The molecule has 2 heterocycles. The van der Waals surface area contributed by atoms with Crippen molar-refractivity contribution in [1.29, 1.82) is 0 Å². The molecule has 0 bridgehead atoms. The summed E-state index contributed by atoms with van der Waals surface area (Å²) in [6.45, 7) is 10.7. The van der Waals surface area contributed by atoms with Gasteiger partial charge in [-0.15, -0.1) is 0 Å². The Hall–Kier alpha value is -2.30. The number of rotatable bonds is 6. The molecule has 1 aliphatic rings. The molecular formula is C21H29N3O2. The summed E-state index contributed by atoms with van der Waals surface area (Å²) in [5.74, 6) is 0.916. The van der Waals surface area contributed by atoms with Gasteiger partial charge in [0.25, 0.3) is 5.56 Å². The molecule has 1 amide bonds. The number of aromatic nitrogens is 2. The van der Waals surface area contributed by atoms with Crippen molar-refractivity contribution in [2.45, 2.75) is 46.1 Å². The third-order valence-electron chi connectivity index (χ3n) is 5.48. The van der Waals surface area contributed by atoms with Gasteiger partial charge in [-0.05, 0) is 17.4 Å². The van der Waals surface area contributed by atoms with Crippen molar-refractivity contribution in [2.75, 3.05) is 13.1 Å². The lowest BCUT2D eigenvalue weighted by molar-refractivity contribution is -0.139. The van der Waals surface area contributed by atoms with Crippen molar-refractivity contribution in [1.82, 2.24) is 14.7 Å². The second-order valence-corrected chi connectivity index (χ2v) is 8.23. The Morgan fingerprint density at radius 2 is 1.81 bits per heavy atom. The number of benzene rings is 1. The molecule has 0 unspecified atom stereocenters. The number of hydrogen-bond acceptors (Lipinski definition) is 2. The maximum Gasteiger partial charge on any atom is 0.266 e. The van der Waals surface area contributed by atoms with Crippen molar-refractivity contribution in [3.63, 3.8) is 0 Å². The number of aromatic amines is 1. The monoisotopic (exact) mass is 355 g/mol. The fraction of sp³-hybridized carbons (Fsp3) is 0.524. The zero-order chi connectivity index (χ0) is 18.9. The zero-order valence-corrected chi connectivity index (χ0v) is 16.2. The number of nitrogens with one attached hydrogen (secondary N) is 1. The lowest BCUT2D eigenvalue weighted by Gasteiger charge is -2.53. The molecule has 2 aromatic rings. The first-order valence-electron chi connectivity index (χ1n) is 9.44. The van der Waals surface area contributed by atoms with Crippen LogP contribution >= 0.6 is 0 Å². The molecule has 26 heavy (non-hydrogen) atoms. The summed E-state index contributed by atoms with van der Waals surface area (Å²) in [4.78, 5) is 26.6. The van der Waals surface area contributed by atoms with Crippen LogP contribution in [0.3, 0.4) is 0 Å². The van der Waals surface area contributed by atoms with E-state index in [9.17, 15) is 9.59 Å². The van der Waals surface area contributed by atoms with Crippen LogP contribution in [-0.4, -0.2) is 33.7 Å². The van der Waals surface area contributed by atoms with Crippen molar-refractivity contribution in [3.8, 4) is 0 Å². The van der Waals surface area contributed by atoms with Crippen LogP contribution in [0.5, 0.6) is 0 Å². The highest BCUT2D eigenvalue weighted by atomic mass is 16.2. The van der Waals surface area contributed by atoms with E-state index < -0.39 is 0 Å².